The van der Waals surface area contributed by atoms with E-state index in [1.807, 2.05) is 31.2 Å². The Labute approximate surface area is 92.3 Å². The Morgan fingerprint density at radius 1 is 1.38 bits per heavy atom. The van der Waals surface area contributed by atoms with Crippen LogP contribution < -0.4 is 5.32 Å². The van der Waals surface area contributed by atoms with Gasteiger partial charge in [-0.1, -0.05) is 6.92 Å². The van der Waals surface area contributed by atoms with Crippen molar-refractivity contribution in [1.82, 2.24) is 20.2 Å². The molecule has 6 nitrogen and oxygen atoms in total. The topological polar surface area (TPSA) is 72.7 Å². The maximum absolute atomic E-state index is 11.1. The molecule has 0 bridgehead atoms. The SMILES string of the molecule is CCC(=O)Nc1ccc(-n2cnnn2)cc1. The number of hydrogen-bond donors (Lipinski definition) is 1. The third kappa shape index (κ3) is 2.22. The average molecular weight is 217 g/mol. The molecular weight excluding hydrogens is 206 g/mol. The zero-order chi connectivity index (χ0) is 11.4. The number of amides is 1. The highest BCUT2D eigenvalue weighted by Gasteiger charge is 2.00. The van der Waals surface area contributed by atoms with Gasteiger partial charge < -0.3 is 5.32 Å². The molecule has 0 radical (unpaired) electrons. The van der Waals surface area contributed by atoms with E-state index in [1.165, 1.54) is 6.33 Å². The molecule has 0 aliphatic heterocycles. The summed E-state index contributed by atoms with van der Waals surface area (Å²) in [4.78, 5) is 11.1. The van der Waals surface area contributed by atoms with E-state index in [1.54, 1.807) is 4.68 Å². The van der Waals surface area contributed by atoms with Gasteiger partial charge in [0.15, 0.2) is 0 Å². The second-order valence-corrected chi connectivity index (χ2v) is 3.20. The van der Waals surface area contributed by atoms with Gasteiger partial charge in [0.05, 0.1) is 5.69 Å². The first-order valence-corrected chi connectivity index (χ1v) is 4.93. The number of aromatic nitrogens is 4. The van der Waals surface area contributed by atoms with Crippen molar-refractivity contribution in [3.05, 3.63) is 30.6 Å². The fourth-order valence-electron chi connectivity index (χ4n) is 1.23. The lowest BCUT2D eigenvalue weighted by Crippen LogP contribution is -2.09. The van der Waals surface area contributed by atoms with Gasteiger partial charge in [-0.15, -0.1) is 5.10 Å². The van der Waals surface area contributed by atoms with Crippen LogP contribution in [0.4, 0.5) is 5.69 Å². The van der Waals surface area contributed by atoms with Crippen LogP contribution in [0, 0.1) is 0 Å². The Balaban J connectivity index is 2.14. The number of nitrogens with zero attached hydrogens (tertiary/aromatic N) is 4. The van der Waals surface area contributed by atoms with Crippen molar-refractivity contribution in [3.8, 4) is 5.69 Å². The molecule has 0 saturated heterocycles. The van der Waals surface area contributed by atoms with E-state index in [0.717, 1.165) is 11.4 Å². The number of tetrazole rings is 1. The second kappa shape index (κ2) is 4.52. The number of rotatable bonds is 3. The van der Waals surface area contributed by atoms with Crippen LogP contribution in [0.15, 0.2) is 30.6 Å². The summed E-state index contributed by atoms with van der Waals surface area (Å²) in [5.74, 6) is -0.00447. The van der Waals surface area contributed by atoms with E-state index in [2.05, 4.69) is 20.8 Å². The van der Waals surface area contributed by atoms with Gasteiger partial charge in [0, 0.05) is 12.1 Å². The molecule has 0 aliphatic rings. The number of carbonyl (C=O) groups is 1. The van der Waals surface area contributed by atoms with Crippen molar-refractivity contribution in [2.45, 2.75) is 13.3 Å². The Kier molecular flexibility index (Phi) is 2.90. The zero-order valence-electron chi connectivity index (χ0n) is 8.79. The molecule has 2 rings (SSSR count). The van der Waals surface area contributed by atoms with Crippen molar-refractivity contribution < 1.29 is 4.79 Å². The Hall–Kier alpha value is -2.24. The Bertz CT molecular complexity index is 462. The molecule has 0 atom stereocenters. The minimum Gasteiger partial charge on any atom is -0.326 e. The summed E-state index contributed by atoms with van der Waals surface area (Å²) in [5.41, 5.74) is 1.61. The van der Waals surface area contributed by atoms with Crippen LogP contribution in [0.5, 0.6) is 0 Å². The van der Waals surface area contributed by atoms with Crippen molar-refractivity contribution in [3.63, 3.8) is 0 Å². The van der Waals surface area contributed by atoms with Gasteiger partial charge in [-0.3, -0.25) is 4.79 Å². The molecule has 0 unspecified atom stereocenters. The molecule has 0 fully saturated rings. The quantitative estimate of drug-likeness (QED) is 0.832. The predicted octanol–water partition coefficient (Wildman–Crippen LogP) is 1.01. The summed E-state index contributed by atoms with van der Waals surface area (Å²) in [6.45, 7) is 1.81. The van der Waals surface area contributed by atoms with Crippen LogP contribution in [-0.2, 0) is 4.79 Å². The fourth-order valence-corrected chi connectivity index (χ4v) is 1.23. The minimum atomic E-state index is -0.00447. The molecule has 1 amide bonds. The van der Waals surface area contributed by atoms with Crippen LogP contribution in [-0.4, -0.2) is 26.1 Å². The van der Waals surface area contributed by atoms with E-state index in [0.29, 0.717) is 6.42 Å². The minimum absolute atomic E-state index is 0.00447. The first kappa shape index (κ1) is 10.3. The van der Waals surface area contributed by atoms with Crippen LogP contribution in [0.2, 0.25) is 0 Å². The van der Waals surface area contributed by atoms with Crippen LogP contribution in [0.25, 0.3) is 5.69 Å². The molecule has 0 saturated carbocycles. The number of hydrogen-bond acceptors (Lipinski definition) is 4. The average Bonchev–Trinajstić information content (AvgIpc) is 2.83. The lowest BCUT2D eigenvalue weighted by Gasteiger charge is -2.04. The summed E-state index contributed by atoms with van der Waals surface area (Å²) in [7, 11) is 0. The predicted molar refractivity (Wildman–Crippen MR) is 58.1 cm³/mol. The fraction of sp³-hybridized carbons (Fsp3) is 0.200. The van der Waals surface area contributed by atoms with Crippen LogP contribution >= 0.6 is 0 Å². The normalized spacial score (nSPS) is 10.1. The molecule has 0 spiro atoms. The molecule has 82 valence electrons. The summed E-state index contributed by atoms with van der Waals surface area (Å²) >= 11 is 0. The molecule has 0 aliphatic carbocycles. The van der Waals surface area contributed by atoms with Crippen molar-refractivity contribution in [2.75, 3.05) is 5.32 Å². The monoisotopic (exact) mass is 217 g/mol. The maximum atomic E-state index is 11.1. The molecule has 1 heterocycles. The number of carbonyl (C=O) groups excluding carboxylic acids is 1. The van der Waals surface area contributed by atoms with Gasteiger partial charge in [-0.25, -0.2) is 4.68 Å². The highest BCUT2D eigenvalue weighted by molar-refractivity contribution is 5.90. The van der Waals surface area contributed by atoms with Crippen molar-refractivity contribution in [1.29, 1.82) is 0 Å². The second-order valence-electron chi connectivity index (χ2n) is 3.20. The smallest absolute Gasteiger partial charge is 0.224 e. The molecule has 6 heteroatoms. The first-order valence-electron chi connectivity index (χ1n) is 4.93. The van der Waals surface area contributed by atoms with Gasteiger partial charge in [0.1, 0.15) is 6.33 Å². The van der Waals surface area contributed by atoms with E-state index in [4.69, 9.17) is 0 Å². The highest BCUT2D eigenvalue weighted by atomic mass is 16.1. The largest absolute Gasteiger partial charge is 0.326 e. The molecule has 2 aromatic rings. The van der Waals surface area contributed by atoms with Crippen molar-refractivity contribution in [2.24, 2.45) is 0 Å². The molecule has 16 heavy (non-hydrogen) atoms. The highest BCUT2D eigenvalue weighted by Crippen LogP contribution is 2.11. The van der Waals surface area contributed by atoms with Gasteiger partial charge in [-0.2, -0.15) is 0 Å². The third-order valence-electron chi connectivity index (χ3n) is 2.09. The van der Waals surface area contributed by atoms with E-state index in [9.17, 15) is 4.79 Å². The summed E-state index contributed by atoms with van der Waals surface area (Å²) in [6, 6.07) is 7.29. The standard InChI is InChI=1S/C10H11N5O/c1-2-10(16)12-8-3-5-9(6-4-8)15-7-11-13-14-15/h3-7H,2H2,1H3,(H,12,16). The zero-order valence-corrected chi connectivity index (χ0v) is 8.79. The van der Waals surface area contributed by atoms with Gasteiger partial charge in [0.25, 0.3) is 0 Å². The van der Waals surface area contributed by atoms with E-state index < -0.39 is 0 Å². The third-order valence-corrected chi connectivity index (χ3v) is 2.09. The van der Waals surface area contributed by atoms with Gasteiger partial charge >= 0.3 is 0 Å². The molecule has 1 aromatic carbocycles. The lowest BCUT2D eigenvalue weighted by atomic mass is 10.2. The van der Waals surface area contributed by atoms with Gasteiger partial charge in [-0.05, 0) is 34.7 Å². The van der Waals surface area contributed by atoms with E-state index >= 15 is 0 Å². The Morgan fingerprint density at radius 3 is 2.69 bits per heavy atom. The van der Waals surface area contributed by atoms with E-state index in [-0.39, 0.29) is 5.91 Å². The molecular formula is C10H11N5O. The van der Waals surface area contributed by atoms with Crippen LogP contribution in [0.1, 0.15) is 13.3 Å². The Morgan fingerprint density at radius 2 is 2.12 bits per heavy atom. The number of nitrogens with one attached hydrogen (secondary N) is 1. The summed E-state index contributed by atoms with van der Waals surface area (Å²) in [5, 5.41) is 13.6. The molecule has 1 aromatic heterocycles. The van der Waals surface area contributed by atoms with Gasteiger partial charge in [0.2, 0.25) is 5.91 Å². The summed E-state index contributed by atoms with van der Waals surface area (Å²) < 4.78 is 1.55. The maximum Gasteiger partial charge on any atom is 0.224 e. The number of benzene rings is 1. The van der Waals surface area contributed by atoms with Crippen LogP contribution in [0.3, 0.4) is 0 Å². The number of anilines is 1. The first-order chi connectivity index (χ1) is 7.79. The van der Waals surface area contributed by atoms with Crippen molar-refractivity contribution >= 4 is 11.6 Å². The molecule has 1 N–H and O–H groups in total. The summed E-state index contributed by atoms with van der Waals surface area (Å²) in [6.07, 6.45) is 1.98. The lowest BCUT2D eigenvalue weighted by molar-refractivity contribution is -0.115.